The molecule has 1 unspecified atom stereocenters. The van der Waals surface area contributed by atoms with Crippen LogP contribution in [0.3, 0.4) is 0 Å². The van der Waals surface area contributed by atoms with Crippen molar-refractivity contribution in [3.8, 4) is 0 Å². The number of halogens is 1. The third kappa shape index (κ3) is 5.76. The Morgan fingerprint density at radius 3 is 2.67 bits per heavy atom. The fourth-order valence-corrected chi connectivity index (χ4v) is 2.93. The summed E-state index contributed by atoms with van der Waals surface area (Å²) >= 11 is 0. The Balaban J connectivity index is 1.94. The van der Waals surface area contributed by atoms with Crippen molar-refractivity contribution in [3.63, 3.8) is 0 Å². The largest absolute Gasteiger partial charge is 0.372 e. The second-order valence-corrected chi connectivity index (χ2v) is 6.44. The normalized spacial score (nSPS) is 18.1. The third-order valence-electron chi connectivity index (χ3n) is 4.19. The number of ether oxygens (including phenoxy) is 1. The Bertz CT molecular complexity index is 415. The van der Waals surface area contributed by atoms with Crippen molar-refractivity contribution in [3.05, 3.63) is 35.6 Å². The van der Waals surface area contributed by atoms with E-state index in [2.05, 4.69) is 19.2 Å². The molecule has 1 atom stereocenters. The summed E-state index contributed by atoms with van der Waals surface area (Å²) in [7, 11) is 0. The SMILES string of the molecule is CC(C)NCC(OCC1CCCCC1)c1cccc(F)c1. The minimum atomic E-state index is -0.191. The van der Waals surface area contributed by atoms with E-state index in [1.54, 1.807) is 12.1 Å². The fourth-order valence-electron chi connectivity index (χ4n) is 2.93. The number of hydrogen-bond acceptors (Lipinski definition) is 2. The van der Waals surface area contributed by atoms with E-state index in [0.717, 1.165) is 18.7 Å². The maximum absolute atomic E-state index is 13.4. The van der Waals surface area contributed by atoms with Gasteiger partial charge in [0.25, 0.3) is 0 Å². The molecular weight excluding hydrogens is 265 g/mol. The minimum Gasteiger partial charge on any atom is -0.372 e. The van der Waals surface area contributed by atoms with E-state index in [1.807, 2.05) is 6.07 Å². The molecular formula is C18H28FNO. The third-order valence-corrected chi connectivity index (χ3v) is 4.19. The molecule has 0 heterocycles. The van der Waals surface area contributed by atoms with Gasteiger partial charge in [0, 0.05) is 12.6 Å². The summed E-state index contributed by atoms with van der Waals surface area (Å²) in [5.41, 5.74) is 0.930. The van der Waals surface area contributed by atoms with Gasteiger partial charge in [0.05, 0.1) is 12.7 Å². The molecule has 3 heteroatoms. The summed E-state index contributed by atoms with van der Waals surface area (Å²) in [6, 6.07) is 7.19. The molecule has 118 valence electrons. The summed E-state index contributed by atoms with van der Waals surface area (Å²) in [4.78, 5) is 0. The number of rotatable bonds is 7. The lowest BCUT2D eigenvalue weighted by Crippen LogP contribution is -2.30. The van der Waals surface area contributed by atoms with E-state index in [0.29, 0.717) is 12.0 Å². The summed E-state index contributed by atoms with van der Waals surface area (Å²) < 4.78 is 19.6. The first-order valence-electron chi connectivity index (χ1n) is 8.25. The van der Waals surface area contributed by atoms with E-state index in [9.17, 15) is 4.39 Å². The first kappa shape index (κ1) is 16.4. The van der Waals surface area contributed by atoms with Crippen LogP contribution in [0.5, 0.6) is 0 Å². The predicted molar refractivity (Wildman–Crippen MR) is 84.8 cm³/mol. The van der Waals surface area contributed by atoms with Gasteiger partial charge in [0.15, 0.2) is 0 Å². The second-order valence-electron chi connectivity index (χ2n) is 6.44. The fraction of sp³-hybridized carbons (Fsp3) is 0.667. The van der Waals surface area contributed by atoms with Gasteiger partial charge in [-0.05, 0) is 36.5 Å². The van der Waals surface area contributed by atoms with Crippen LogP contribution in [0.15, 0.2) is 24.3 Å². The van der Waals surface area contributed by atoms with Crippen LogP contribution in [-0.2, 0) is 4.74 Å². The van der Waals surface area contributed by atoms with Crippen LogP contribution in [0.2, 0.25) is 0 Å². The van der Waals surface area contributed by atoms with E-state index in [-0.39, 0.29) is 11.9 Å². The highest BCUT2D eigenvalue weighted by molar-refractivity contribution is 5.19. The van der Waals surface area contributed by atoms with Gasteiger partial charge in [-0.2, -0.15) is 0 Å². The zero-order valence-corrected chi connectivity index (χ0v) is 13.3. The molecule has 21 heavy (non-hydrogen) atoms. The molecule has 0 amide bonds. The van der Waals surface area contributed by atoms with Gasteiger partial charge in [-0.3, -0.25) is 0 Å². The molecule has 2 rings (SSSR count). The van der Waals surface area contributed by atoms with Crippen molar-refractivity contribution in [1.82, 2.24) is 5.32 Å². The smallest absolute Gasteiger partial charge is 0.123 e. The van der Waals surface area contributed by atoms with Gasteiger partial charge >= 0.3 is 0 Å². The van der Waals surface area contributed by atoms with Gasteiger partial charge in [-0.1, -0.05) is 45.2 Å². The highest BCUT2D eigenvalue weighted by Crippen LogP contribution is 2.26. The summed E-state index contributed by atoms with van der Waals surface area (Å²) in [5, 5.41) is 3.40. The van der Waals surface area contributed by atoms with E-state index in [4.69, 9.17) is 4.74 Å². The second kappa shape index (κ2) is 8.50. The lowest BCUT2D eigenvalue weighted by molar-refractivity contribution is 0.0189. The minimum absolute atomic E-state index is 0.0648. The van der Waals surface area contributed by atoms with Crippen molar-refractivity contribution in [2.45, 2.75) is 58.1 Å². The Morgan fingerprint density at radius 1 is 1.24 bits per heavy atom. The molecule has 0 bridgehead atoms. The van der Waals surface area contributed by atoms with E-state index < -0.39 is 0 Å². The maximum atomic E-state index is 13.4. The molecule has 1 aromatic rings. The highest BCUT2D eigenvalue weighted by Gasteiger charge is 2.18. The van der Waals surface area contributed by atoms with Gasteiger partial charge in [0.2, 0.25) is 0 Å². The standard InChI is InChI=1S/C18H28FNO/c1-14(2)20-12-18(16-9-6-10-17(19)11-16)21-13-15-7-4-3-5-8-15/h6,9-11,14-15,18,20H,3-5,7-8,12-13H2,1-2H3. The predicted octanol–water partition coefficient (Wildman–Crippen LogP) is 4.46. The first-order valence-corrected chi connectivity index (χ1v) is 8.25. The molecule has 1 aliphatic rings. The molecule has 1 aliphatic carbocycles. The zero-order chi connectivity index (χ0) is 15.1. The summed E-state index contributed by atoms with van der Waals surface area (Å²) in [5.74, 6) is 0.483. The van der Waals surface area contributed by atoms with Gasteiger partial charge in [0.1, 0.15) is 5.82 Å². The molecule has 0 spiro atoms. The topological polar surface area (TPSA) is 21.3 Å². The van der Waals surface area contributed by atoms with Crippen molar-refractivity contribution in [2.24, 2.45) is 5.92 Å². The molecule has 2 nitrogen and oxygen atoms in total. The van der Waals surface area contributed by atoms with Crippen LogP contribution in [0.4, 0.5) is 4.39 Å². The Kier molecular flexibility index (Phi) is 6.65. The monoisotopic (exact) mass is 293 g/mol. The van der Waals surface area contributed by atoms with Crippen molar-refractivity contribution >= 4 is 0 Å². The van der Waals surface area contributed by atoms with Crippen LogP contribution in [0.1, 0.15) is 57.6 Å². The highest BCUT2D eigenvalue weighted by atomic mass is 19.1. The number of nitrogens with one attached hydrogen (secondary N) is 1. The molecule has 1 fully saturated rings. The molecule has 1 saturated carbocycles. The molecule has 0 aliphatic heterocycles. The maximum Gasteiger partial charge on any atom is 0.123 e. The Labute approximate surface area is 128 Å². The quantitative estimate of drug-likeness (QED) is 0.801. The molecule has 0 radical (unpaired) electrons. The zero-order valence-electron chi connectivity index (χ0n) is 13.3. The summed E-state index contributed by atoms with van der Waals surface area (Å²) in [6.07, 6.45) is 6.48. The van der Waals surface area contributed by atoms with Crippen LogP contribution in [-0.4, -0.2) is 19.2 Å². The average Bonchev–Trinajstić information content (AvgIpc) is 2.48. The van der Waals surface area contributed by atoms with Crippen LogP contribution >= 0.6 is 0 Å². The van der Waals surface area contributed by atoms with Crippen LogP contribution in [0.25, 0.3) is 0 Å². The number of hydrogen-bond donors (Lipinski definition) is 1. The van der Waals surface area contributed by atoms with Gasteiger partial charge in [-0.15, -0.1) is 0 Å². The van der Waals surface area contributed by atoms with Crippen molar-refractivity contribution in [2.75, 3.05) is 13.2 Å². The Morgan fingerprint density at radius 2 is 2.00 bits per heavy atom. The first-order chi connectivity index (χ1) is 10.1. The van der Waals surface area contributed by atoms with Gasteiger partial charge < -0.3 is 10.1 Å². The van der Waals surface area contributed by atoms with Crippen LogP contribution < -0.4 is 5.32 Å². The van der Waals surface area contributed by atoms with Crippen molar-refractivity contribution < 1.29 is 9.13 Å². The average molecular weight is 293 g/mol. The van der Waals surface area contributed by atoms with Gasteiger partial charge in [-0.25, -0.2) is 4.39 Å². The Hall–Kier alpha value is -0.930. The van der Waals surface area contributed by atoms with Crippen LogP contribution in [0, 0.1) is 11.7 Å². The summed E-state index contributed by atoms with van der Waals surface area (Å²) in [6.45, 7) is 5.75. The molecule has 0 saturated heterocycles. The lowest BCUT2D eigenvalue weighted by Gasteiger charge is -2.26. The molecule has 0 aromatic heterocycles. The molecule has 1 aromatic carbocycles. The van der Waals surface area contributed by atoms with Crippen molar-refractivity contribution in [1.29, 1.82) is 0 Å². The number of benzene rings is 1. The van der Waals surface area contributed by atoms with E-state index in [1.165, 1.54) is 38.2 Å². The molecule has 1 N–H and O–H groups in total. The lowest BCUT2D eigenvalue weighted by atomic mass is 9.90. The van der Waals surface area contributed by atoms with E-state index >= 15 is 0 Å².